The zero-order valence-electron chi connectivity index (χ0n) is 13.0. The van der Waals surface area contributed by atoms with Gasteiger partial charge in [-0.1, -0.05) is 48.5 Å². The number of nitrogens with one attached hydrogen (secondary N) is 2. The fourth-order valence-electron chi connectivity index (χ4n) is 3.36. The summed E-state index contributed by atoms with van der Waals surface area (Å²) in [6, 6.07) is 16.2. The lowest BCUT2D eigenvalue weighted by molar-refractivity contribution is 0.237. The first-order chi connectivity index (χ1) is 11.5. The van der Waals surface area contributed by atoms with E-state index in [0.29, 0.717) is 16.4 Å². The van der Waals surface area contributed by atoms with E-state index in [2.05, 4.69) is 22.8 Å². The molecule has 2 N–H and O–H groups in total. The Morgan fingerprint density at radius 1 is 0.958 bits per heavy atom. The number of benzene rings is 2. The van der Waals surface area contributed by atoms with Crippen LogP contribution in [0.3, 0.4) is 0 Å². The molecule has 4 rings (SSSR count). The van der Waals surface area contributed by atoms with Crippen molar-refractivity contribution in [3.63, 3.8) is 0 Å². The molecule has 3 atom stereocenters. The smallest absolute Gasteiger partial charge is 0.315 e. The van der Waals surface area contributed by atoms with Crippen molar-refractivity contribution < 1.29 is 13.2 Å². The van der Waals surface area contributed by atoms with Crippen molar-refractivity contribution in [3.8, 4) is 0 Å². The third-order valence-electron chi connectivity index (χ3n) is 4.66. The van der Waals surface area contributed by atoms with Crippen LogP contribution in [-0.4, -0.2) is 26.2 Å². The first-order valence-corrected chi connectivity index (χ1v) is 9.63. The van der Waals surface area contributed by atoms with Crippen molar-refractivity contribution in [2.45, 2.75) is 29.3 Å². The number of carbonyl (C=O) groups is 1. The Balaban J connectivity index is 1.40. The summed E-state index contributed by atoms with van der Waals surface area (Å²) in [4.78, 5) is 12.6. The van der Waals surface area contributed by atoms with Crippen molar-refractivity contribution in [2.24, 2.45) is 0 Å². The van der Waals surface area contributed by atoms with Crippen molar-refractivity contribution in [3.05, 3.63) is 65.7 Å². The number of hydrogen-bond acceptors (Lipinski definition) is 3. The summed E-state index contributed by atoms with van der Waals surface area (Å²) in [6.45, 7) is 0. The number of sulfone groups is 1. The molecule has 0 spiro atoms. The van der Waals surface area contributed by atoms with Crippen LogP contribution in [0.15, 0.2) is 59.5 Å². The normalized spacial score (nSPS) is 26.4. The van der Waals surface area contributed by atoms with Crippen LogP contribution < -0.4 is 10.6 Å². The van der Waals surface area contributed by atoms with Gasteiger partial charge in [-0.15, -0.1) is 0 Å². The number of rotatable bonds is 3. The highest BCUT2D eigenvalue weighted by Gasteiger charge is 2.40. The molecule has 0 radical (unpaired) electrons. The molecule has 24 heavy (non-hydrogen) atoms. The van der Waals surface area contributed by atoms with Crippen LogP contribution in [0.4, 0.5) is 4.79 Å². The van der Waals surface area contributed by atoms with E-state index in [1.165, 1.54) is 5.56 Å². The second-order valence-electron chi connectivity index (χ2n) is 6.35. The molecule has 0 unspecified atom stereocenters. The van der Waals surface area contributed by atoms with Crippen LogP contribution >= 0.6 is 0 Å². The SMILES string of the molecule is O=C(N[C@@H]1CS(=O)(=O)c2ccccc21)N[C@@H]1C[C@@H]1c1ccccc1. The third kappa shape index (κ3) is 2.78. The van der Waals surface area contributed by atoms with E-state index < -0.39 is 15.9 Å². The predicted molar refractivity (Wildman–Crippen MR) is 90.5 cm³/mol. The summed E-state index contributed by atoms with van der Waals surface area (Å²) in [5.74, 6) is 0.267. The number of fused-ring (bicyclic) bond motifs is 1. The lowest BCUT2D eigenvalue weighted by Gasteiger charge is -2.13. The Bertz CT molecular complexity index is 880. The molecular weight excluding hydrogens is 324 g/mol. The molecule has 0 saturated heterocycles. The zero-order valence-corrected chi connectivity index (χ0v) is 13.8. The summed E-state index contributed by atoms with van der Waals surface area (Å²) in [5.41, 5.74) is 1.89. The minimum absolute atomic E-state index is 0.0768. The summed E-state index contributed by atoms with van der Waals surface area (Å²) in [5, 5.41) is 5.75. The fraction of sp³-hybridized carbons (Fsp3) is 0.278. The van der Waals surface area contributed by atoms with Crippen molar-refractivity contribution in [1.29, 1.82) is 0 Å². The van der Waals surface area contributed by atoms with Gasteiger partial charge in [0.05, 0.1) is 16.7 Å². The van der Waals surface area contributed by atoms with Gasteiger partial charge < -0.3 is 10.6 Å². The van der Waals surface area contributed by atoms with E-state index in [4.69, 9.17) is 0 Å². The number of urea groups is 1. The lowest BCUT2D eigenvalue weighted by atomic mass is 10.1. The molecule has 1 heterocycles. The van der Waals surface area contributed by atoms with E-state index in [1.54, 1.807) is 24.3 Å². The highest BCUT2D eigenvalue weighted by molar-refractivity contribution is 7.91. The first-order valence-electron chi connectivity index (χ1n) is 7.98. The Morgan fingerprint density at radius 2 is 1.67 bits per heavy atom. The molecular formula is C18H18N2O3S. The highest BCUT2D eigenvalue weighted by atomic mass is 32.2. The molecule has 5 nitrogen and oxygen atoms in total. The average Bonchev–Trinajstić information content (AvgIpc) is 3.28. The maximum absolute atomic E-state index is 12.2. The molecule has 2 aliphatic rings. The third-order valence-corrected chi connectivity index (χ3v) is 6.47. The fourth-order valence-corrected chi connectivity index (χ4v) is 5.10. The van der Waals surface area contributed by atoms with Crippen LogP contribution in [0.1, 0.15) is 29.5 Å². The molecule has 0 bridgehead atoms. The zero-order chi connectivity index (χ0) is 16.7. The molecule has 1 aliphatic carbocycles. The van der Waals surface area contributed by atoms with Crippen LogP contribution in [0.2, 0.25) is 0 Å². The second-order valence-corrected chi connectivity index (χ2v) is 8.35. The van der Waals surface area contributed by atoms with Crippen LogP contribution in [-0.2, 0) is 9.84 Å². The molecule has 2 aromatic rings. The van der Waals surface area contributed by atoms with Gasteiger partial charge in [0, 0.05) is 12.0 Å². The van der Waals surface area contributed by atoms with Gasteiger partial charge in [-0.2, -0.15) is 0 Å². The Hall–Kier alpha value is -2.34. The van der Waals surface area contributed by atoms with E-state index in [-0.39, 0.29) is 17.8 Å². The summed E-state index contributed by atoms with van der Waals surface area (Å²) in [6.07, 6.45) is 0.914. The van der Waals surface area contributed by atoms with E-state index in [1.807, 2.05) is 18.2 Å². The maximum Gasteiger partial charge on any atom is 0.315 e. The van der Waals surface area contributed by atoms with Crippen LogP contribution in [0.5, 0.6) is 0 Å². The average molecular weight is 342 g/mol. The number of carbonyl (C=O) groups excluding carboxylic acids is 1. The van der Waals surface area contributed by atoms with Gasteiger partial charge in [-0.05, 0) is 23.6 Å². The lowest BCUT2D eigenvalue weighted by Crippen LogP contribution is -2.40. The topological polar surface area (TPSA) is 75.3 Å². The molecule has 1 fully saturated rings. The minimum Gasteiger partial charge on any atom is -0.335 e. The van der Waals surface area contributed by atoms with Gasteiger partial charge in [0.15, 0.2) is 9.84 Å². The summed E-state index contributed by atoms with van der Waals surface area (Å²) >= 11 is 0. The first kappa shape index (κ1) is 15.2. The van der Waals surface area contributed by atoms with Gasteiger partial charge in [-0.3, -0.25) is 0 Å². The molecule has 6 heteroatoms. The number of amides is 2. The van der Waals surface area contributed by atoms with Gasteiger partial charge in [0.25, 0.3) is 0 Å². The van der Waals surface area contributed by atoms with E-state index >= 15 is 0 Å². The Kier molecular flexibility index (Phi) is 3.57. The molecule has 2 amide bonds. The van der Waals surface area contributed by atoms with E-state index in [0.717, 1.165) is 6.42 Å². The number of hydrogen-bond donors (Lipinski definition) is 2. The van der Waals surface area contributed by atoms with Gasteiger partial charge >= 0.3 is 6.03 Å². The largest absolute Gasteiger partial charge is 0.335 e. The second kappa shape index (κ2) is 5.63. The molecule has 124 valence electrons. The van der Waals surface area contributed by atoms with E-state index in [9.17, 15) is 13.2 Å². The molecule has 1 aliphatic heterocycles. The van der Waals surface area contributed by atoms with Crippen LogP contribution in [0, 0.1) is 0 Å². The van der Waals surface area contributed by atoms with Gasteiger partial charge in [0.1, 0.15) is 0 Å². The predicted octanol–water partition coefficient (Wildman–Crippen LogP) is 2.37. The van der Waals surface area contributed by atoms with Crippen LogP contribution in [0.25, 0.3) is 0 Å². The van der Waals surface area contributed by atoms with Gasteiger partial charge in [0.2, 0.25) is 0 Å². The molecule has 1 saturated carbocycles. The summed E-state index contributed by atoms with van der Waals surface area (Å²) < 4.78 is 24.3. The monoisotopic (exact) mass is 342 g/mol. The summed E-state index contributed by atoms with van der Waals surface area (Å²) in [7, 11) is -3.31. The van der Waals surface area contributed by atoms with Crippen molar-refractivity contribution in [1.82, 2.24) is 10.6 Å². The maximum atomic E-state index is 12.2. The van der Waals surface area contributed by atoms with Crippen molar-refractivity contribution >= 4 is 15.9 Å². The minimum atomic E-state index is -3.31. The van der Waals surface area contributed by atoms with Gasteiger partial charge in [-0.25, -0.2) is 13.2 Å². The Morgan fingerprint density at radius 3 is 2.46 bits per heavy atom. The van der Waals surface area contributed by atoms with Crippen molar-refractivity contribution in [2.75, 3.05) is 5.75 Å². The standard InChI is InChI=1S/C18H18N2O3S/c21-18(19-15-10-14(15)12-6-2-1-3-7-12)20-16-11-24(22,23)17-9-5-4-8-13(16)17/h1-9,14-16H,10-11H2,(H2,19,20,21)/t14-,15-,16-/m1/s1. The highest BCUT2D eigenvalue weighted by Crippen LogP contribution is 2.40. The molecule has 2 aromatic carbocycles. The molecule has 0 aromatic heterocycles. The Labute approximate surface area is 141 Å². The quantitative estimate of drug-likeness (QED) is 0.899.